The van der Waals surface area contributed by atoms with Crippen molar-refractivity contribution in [3.05, 3.63) is 48.8 Å². The maximum atomic E-state index is 12.6. The molecular weight excluding hydrogens is 330 g/mol. The van der Waals surface area contributed by atoms with Crippen LogP contribution in [0.1, 0.15) is 5.82 Å². The summed E-state index contributed by atoms with van der Waals surface area (Å²) in [5.41, 5.74) is 0.246. The van der Waals surface area contributed by atoms with Gasteiger partial charge in [0.15, 0.2) is 5.82 Å². The average Bonchev–Trinajstić information content (AvgIpc) is 3.19. The van der Waals surface area contributed by atoms with Crippen molar-refractivity contribution in [3.8, 4) is 11.5 Å². The van der Waals surface area contributed by atoms with Gasteiger partial charge in [0, 0.05) is 18.0 Å². The minimum atomic E-state index is -4.68. The fourth-order valence-electron chi connectivity index (χ4n) is 1.89. The van der Waals surface area contributed by atoms with Gasteiger partial charge in [-0.3, -0.25) is 0 Å². The van der Waals surface area contributed by atoms with Crippen LogP contribution < -0.4 is 0 Å². The Labute approximate surface area is 129 Å². The second-order valence-corrected chi connectivity index (χ2v) is 6.50. The number of alkyl halides is 2. The van der Waals surface area contributed by atoms with Crippen LogP contribution in [0, 0.1) is 0 Å². The number of hydrogen-bond acceptors (Lipinski definition) is 6. The van der Waals surface area contributed by atoms with E-state index in [2.05, 4.69) is 15.1 Å². The Morgan fingerprint density at radius 1 is 1.30 bits per heavy atom. The van der Waals surface area contributed by atoms with E-state index in [9.17, 15) is 17.2 Å². The standard InChI is InChI=1S/C13H10F2N4O3S/c14-13(15)23(20,21)10-3-1-2-9(6-10)12-17-11(18-22-12)7-19-5-4-16-8-19/h1-6,8,13H,7H2. The maximum Gasteiger partial charge on any atom is 0.341 e. The highest BCUT2D eigenvalue weighted by molar-refractivity contribution is 7.91. The lowest BCUT2D eigenvalue weighted by Gasteiger charge is -2.03. The summed E-state index contributed by atoms with van der Waals surface area (Å²) in [7, 11) is -4.68. The van der Waals surface area contributed by atoms with Crippen molar-refractivity contribution in [1.82, 2.24) is 19.7 Å². The van der Waals surface area contributed by atoms with Crippen LogP contribution in [0.25, 0.3) is 11.5 Å². The molecule has 7 nitrogen and oxygen atoms in total. The largest absolute Gasteiger partial charge is 0.341 e. The normalized spacial score (nSPS) is 12.0. The zero-order valence-corrected chi connectivity index (χ0v) is 12.3. The maximum absolute atomic E-state index is 12.6. The summed E-state index contributed by atoms with van der Waals surface area (Å²) in [5, 5.41) is 3.76. The minimum Gasteiger partial charge on any atom is -0.334 e. The molecule has 10 heteroatoms. The van der Waals surface area contributed by atoms with Crippen molar-refractivity contribution < 1.29 is 21.7 Å². The number of imidazole rings is 1. The molecule has 2 heterocycles. The Kier molecular flexibility index (Phi) is 3.90. The molecule has 0 N–H and O–H groups in total. The Bertz CT molecular complexity index is 907. The number of sulfone groups is 1. The van der Waals surface area contributed by atoms with Crippen LogP contribution >= 0.6 is 0 Å². The molecule has 0 spiro atoms. The van der Waals surface area contributed by atoms with Gasteiger partial charge in [0.2, 0.25) is 9.84 Å². The monoisotopic (exact) mass is 340 g/mol. The number of rotatable bonds is 5. The van der Waals surface area contributed by atoms with Crippen LogP contribution in [0.5, 0.6) is 0 Å². The SMILES string of the molecule is O=S(=O)(c1cccc(-c2nc(Cn3ccnc3)no2)c1)C(F)F. The first-order valence-electron chi connectivity index (χ1n) is 6.37. The van der Waals surface area contributed by atoms with Gasteiger partial charge in [0.05, 0.1) is 17.8 Å². The van der Waals surface area contributed by atoms with Crippen molar-refractivity contribution in [3.63, 3.8) is 0 Å². The molecule has 23 heavy (non-hydrogen) atoms. The van der Waals surface area contributed by atoms with E-state index in [1.165, 1.54) is 12.1 Å². The molecule has 0 amide bonds. The third kappa shape index (κ3) is 3.11. The lowest BCUT2D eigenvalue weighted by atomic mass is 10.2. The first kappa shape index (κ1) is 15.3. The van der Waals surface area contributed by atoms with Gasteiger partial charge >= 0.3 is 5.76 Å². The molecule has 0 saturated carbocycles. The van der Waals surface area contributed by atoms with Gasteiger partial charge in [-0.15, -0.1) is 0 Å². The van der Waals surface area contributed by atoms with Crippen LogP contribution in [0.3, 0.4) is 0 Å². The van der Waals surface area contributed by atoms with E-state index in [-0.39, 0.29) is 11.5 Å². The molecule has 0 aliphatic heterocycles. The van der Waals surface area contributed by atoms with Gasteiger partial charge in [-0.1, -0.05) is 11.2 Å². The summed E-state index contributed by atoms with van der Waals surface area (Å²) in [6, 6.07) is 5.01. The first-order chi connectivity index (χ1) is 11.0. The second-order valence-electron chi connectivity index (χ2n) is 4.58. The molecule has 0 fully saturated rings. The Balaban J connectivity index is 1.89. The Morgan fingerprint density at radius 2 is 2.13 bits per heavy atom. The van der Waals surface area contributed by atoms with Crippen molar-refractivity contribution in [2.45, 2.75) is 17.2 Å². The van der Waals surface area contributed by atoms with E-state index in [1.54, 1.807) is 23.3 Å². The Hall–Kier alpha value is -2.62. The van der Waals surface area contributed by atoms with E-state index < -0.39 is 20.5 Å². The van der Waals surface area contributed by atoms with Crippen LogP contribution in [0.4, 0.5) is 8.78 Å². The molecule has 120 valence electrons. The van der Waals surface area contributed by atoms with Crippen LogP contribution in [-0.4, -0.2) is 33.9 Å². The van der Waals surface area contributed by atoms with Crippen molar-refractivity contribution in [1.29, 1.82) is 0 Å². The highest BCUT2D eigenvalue weighted by atomic mass is 32.2. The van der Waals surface area contributed by atoms with E-state index >= 15 is 0 Å². The predicted octanol–water partition coefficient (Wildman–Crippen LogP) is 1.98. The molecular formula is C13H10F2N4O3S. The summed E-state index contributed by atoms with van der Waals surface area (Å²) < 4.78 is 55.0. The zero-order valence-electron chi connectivity index (χ0n) is 11.5. The average molecular weight is 340 g/mol. The lowest BCUT2D eigenvalue weighted by molar-refractivity contribution is 0.234. The van der Waals surface area contributed by atoms with Gasteiger partial charge in [-0.2, -0.15) is 13.8 Å². The number of benzene rings is 1. The zero-order chi connectivity index (χ0) is 16.4. The van der Waals surface area contributed by atoms with Gasteiger partial charge in [0.1, 0.15) is 0 Å². The van der Waals surface area contributed by atoms with E-state index in [0.717, 1.165) is 12.1 Å². The van der Waals surface area contributed by atoms with Crippen molar-refractivity contribution in [2.75, 3.05) is 0 Å². The number of hydrogen-bond donors (Lipinski definition) is 0. The quantitative estimate of drug-likeness (QED) is 0.705. The molecule has 1 aromatic carbocycles. The van der Waals surface area contributed by atoms with Crippen LogP contribution in [0.15, 0.2) is 52.4 Å². The van der Waals surface area contributed by atoms with E-state index in [4.69, 9.17) is 4.52 Å². The molecule has 0 aliphatic carbocycles. The minimum absolute atomic E-state index is 0.0476. The second kappa shape index (κ2) is 5.88. The number of nitrogens with zero attached hydrogens (tertiary/aromatic N) is 4. The highest BCUT2D eigenvalue weighted by Gasteiger charge is 2.27. The van der Waals surface area contributed by atoms with E-state index in [0.29, 0.717) is 12.4 Å². The number of halogens is 2. The van der Waals surface area contributed by atoms with Gasteiger partial charge in [-0.25, -0.2) is 13.4 Å². The van der Waals surface area contributed by atoms with Gasteiger partial charge < -0.3 is 9.09 Å². The molecule has 0 atom stereocenters. The fourth-order valence-corrected chi connectivity index (χ4v) is 2.65. The molecule has 0 aliphatic rings. The van der Waals surface area contributed by atoms with Crippen LogP contribution in [0.2, 0.25) is 0 Å². The summed E-state index contributed by atoms with van der Waals surface area (Å²) in [6.45, 7) is 0.318. The smallest absolute Gasteiger partial charge is 0.334 e. The third-order valence-electron chi connectivity index (χ3n) is 3.00. The van der Waals surface area contributed by atoms with Crippen LogP contribution in [-0.2, 0) is 16.4 Å². The topological polar surface area (TPSA) is 90.9 Å². The molecule has 0 unspecified atom stereocenters. The third-order valence-corrected chi connectivity index (χ3v) is 4.38. The van der Waals surface area contributed by atoms with Gasteiger partial charge in [-0.05, 0) is 18.2 Å². The molecule has 2 aromatic heterocycles. The molecule has 3 aromatic rings. The predicted molar refractivity (Wildman–Crippen MR) is 74.3 cm³/mol. The highest BCUT2D eigenvalue weighted by Crippen LogP contribution is 2.24. The van der Waals surface area contributed by atoms with Gasteiger partial charge in [0.25, 0.3) is 5.89 Å². The Morgan fingerprint density at radius 3 is 2.83 bits per heavy atom. The molecule has 0 saturated heterocycles. The summed E-state index contributed by atoms with van der Waals surface area (Å²) in [5.74, 6) is -3.09. The molecule has 3 rings (SSSR count). The summed E-state index contributed by atoms with van der Waals surface area (Å²) >= 11 is 0. The lowest BCUT2D eigenvalue weighted by Crippen LogP contribution is -2.11. The molecule has 0 bridgehead atoms. The first-order valence-corrected chi connectivity index (χ1v) is 7.92. The fraction of sp³-hybridized carbons (Fsp3) is 0.154. The van der Waals surface area contributed by atoms with E-state index in [1.807, 2.05) is 0 Å². The van der Waals surface area contributed by atoms with Crippen molar-refractivity contribution in [2.24, 2.45) is 0 Å². The van der Waals surface area contributed by atoms with Crippen molar-refractivity contribution >= 4 is 9.84 Å². The molecule has 0 radical (unpaired) electrons. The summed E-state index contributed by atoms with van der Waals surface area (Å²) in [4.78, 5) is 7.49. The summed E-state index contributed by atoms with van der Waals surface area (Å²) in [6.07, 6.45) is 4.89. The number of aromatic nitrogens is 4.